The van der Waals surface area contributed by atoms with Crippen LogP contribution in [0.15, 0.2) is 25.3 Å². The normalized spacial score (nSPS) is 18.8. The van der Waals surface area contributed by atoms with Crippen LogP contribution >= 0.6 is 0 Å². The molecule has 5 heteroatoms. The third kappa shape index (κ3) is 4.43. The molecule has 0 saturated carbocycles. The number of carboxylic acid groups (broad SMARTS) is 1. The fourth-order valence-corrected chi connectivity index (χ4v) is 2.85. The summed E-state index contributed by atoms with van der Waals surface area (Å²) in [5.41, 5.74) is -0.635. The average Bonchev–Trinajstić information content (AvgIpc) is 2.87. The molecule has 1 aliphatic heterocycles. The van der Waals surface area contributed by atoms with Gasteiger partial charge in [-0.3, -0.25) is 9.69 Å². The molecule has 1 atom stereocenters. The van der Waals surface area contributed by atoms with Crippen LogP contribution in [-0.2, 0) is 9.59 Å². The minimum Gasteiger partial charge on any atom is -0.480 e. The molecular weight excluding hydrogens is 268 g/mol. The van der Waals surface area contributed by atoms with Gasteiger partial charge in [0.25, 0.3) is 0 Å². The van der Waals surface area contributed by atoms with E-state index in [1.54, 1.807) is 12.2 Å². The van der Waals surface area contributed by atoms with E-state index in [9.17, 15) is 14.7 Å². The number of amides is 1. The number of hydrogen-bond donors (Lipinski definition) is 1. The lowest BCUT2D eigenvalue weighted by molar-refractivity contribution is -0.152. The van der Waals surface area contributed by atoms with Crippen LogP contribution in [0.4, 0.5) is 0 Å². The van der Waals surface area contributed by atoms with Crippen LogP contribution in [0.3, 0.4) is 0 Å². The summed E-state index contributed by atoms with van der Waals surface area (Å²) in [5.74, 6) is -1.00. The van der Waals surface area contributed by atoms with E-state index in [0.29, 0.717) is 32.6 Å². The van der Waals surface area contributed by atoms with Crippen LogP contribution in [0.5, 0.6) is 0 Å². The van der Waals surface area contributed by atoms with E-state index in [2.05, 4.69) is 18.1 Å². The van der Waals surface area contributed by atoms with Crippen LogP contribution < -0.4 is 0 Å². The van der Waals surface area contributed by atoms with E-state index in [4.69, 9.17) is 0 Å². The van der Waals surface area contributed by atoms with Crippen molar-refractivity contribution in [1.29, 1.82) is 0 Å². The van der Waals surface area contributed by atoms with Gasteiger partial charge in [-0.15, -0.1) is 13.2 Å². The van der Waals surface area contributed by atoms with Gasteiger partial charge in [0.1, 0.15) is 6.04 Å². The number of hydrogen-bond acceptors (Lipinski definition) is 3. The Hall–Kier alpha value is -1.62. The second-order valence-corrected chi connectivity index (χ2v) is 6.15. The Kier molecular flexibility index (Phi) is 6.15. The second kappa shape index (κ2) is 7.41. The Morgan fingerprint density at radius 1 is 1.33 bits per heavy atom. The maximum atomic E-state index is 12.7. The van der Waals surface area contributed by atoms with Gasteiger partial charge in [-0.25, -0.2) is 4.79 Å². The highest BCUT2D eigenvalue weighted by Gasteiger charge is 2.41. The van der Waals surface area contributed by atoms with Gasteiger partial charge in [-0.2, -0.15) is 0 Å². The summed E-state index contributed by atoms with van der Waals surface area (Å²) in [6, 6.07) is -0.677. The van der Waals surface area contributed by atoms with Gasteiger partial charge in [-0.1, -0.05) is 12.2 Å². The van der Waals surface area contributed by atoms with Crippen molar-refractivity contribution in [3.05, 3.63) is 25.3 Å². The van der Waals surface area contributed by atoms with Crippen LogP contribution in [0.2, 0.25) is 0 Å². The number of carbonyl (C=O) groups excluding carboxylic acids is 1. The Bertz CT molecular complexity index is 408. The summed E-state index contributed by atoms with van der Waals surface area (Å²) in [6.45, 7) is 13.6. The van der Waals surface area contributed by atoms with Crippen molar-refractivity contribution < 1.29 is 14.7 Å². The lowest BCUT2D eigenvalue weighted by Crippen LogP contribution is -2.50. The third-order valence-corrected chi connectivity index (χ3v) is 3.77. The molecule has 0 spiro atoms. The molecule has 0 aromatic carbocycles. The minimum absolute atomic E-state index is 0.0921. The molecule has 0 radical (unpaired) electrons. The molecule has 1 rings (SSSR count). The minimum atomic E-state index is -0.911. The highest BCUT2D eigenvalue weighted by atomic mass is 16.4. The highest BCUT2D eigenvalue weighted by molar-refractivity contribution is 5.87. The number of carbonyl (C=O) groups is 2. The van der Waals surface area contributed by atoms with Gasteiger partial charge in [0.05, 0.1) is 5.41 Å². The SMILES string of the molecule is C=CCN(CC=C)CC(C)(C)C(=O)N1CCCC1C(=O)O. The van der Waals surface area contributed by atoms with Gasteiger partial charge in [0.15, 0.2) is 0 Å². The number of aliphatic carboxylic acids is 1. The first kappa shape index (κ1) is 17.4. The fourth-order valence-electron chi connectivity index (χ4n) is 2.85. The van der Waals surface area contributed by atoms with E-state index in [0.717, 1.165) is 6.42 Å². The van der Waals surface area contributed by atoms with E-state index in [-0.39, 0.29) is 5.91 Å². The Morgan fingerprint density at radius 2 is 1.90 bits per heavy atom. The first-order valence-electron chi connectivity index (χ1n) is 7.31. The maximum Gasteiger partial charge on any atom is 0.326 e. The summed E-state index contributed by atoms with van der Waals surface area (Å²) in [6.07, 6.45) is 4.88. The molecule has 118 valence electrons. The zero-order valence-corrected chi connectivity index (χ0v) is 13.0. The van der Waals surface area contributed by atoms with Crippen LogP contribution in [0.1, 0.15) is 26.7 Å². The topological polar surface area (TPSA) is 60.9 Å². The van der Waals surface area contributed by atoms with Gasteiger partial charge < -0.3 is 10.0 Å². The summed E-state index contributed by atoms with van der Waals surface area (Å²) < 4.78 is 0. The van der Waals surface area contributed by atoms with Gasteiger partial charge in [0.2, 0.25) is 5.91 Å². The summed E-state index contributed by atoms with van der Waals surface area (Å²) >= 11 is 0. The largest absolute Gasteiger partial charge is 0.480 e. The molecule has 1 saturated heterocycles. The number of rotatable bonds is 8. The average molecular weight is 294 g/mol. The summed E-state index contributed by atoms with van der Waals surface area (Å²) in [4.78, 5) is 27.5. The van der Waals surface area contributed by atoms with E-state index in [1.807, 2.05) is 13.8 Å². The highest BCUT2D eigenvalue weighted by Crippen LogP contribution is 2.27. The molecule has 21 heavy (non-hydrogen) atoms. The lowest BCUT2D eigenvalue weighted by Gasteiger charge is -2.35. The van der Waals surface area contributed by atoms with Crippen molar-refractivity contribution >= 4 is 11.9 Å². The molecule has 0 aromatic heterocycles. The predicted molar refractivity (Wildman–Crippen MR) is 83.0 cm³/mol. The molecule has 1 N–H and O–H groups in total. The van der Waals surface area contributed by atoms with Crippen molar-refractivity contribution in [3.8, 4) is 0 Å². The van der Waals surface area contributed by atoms with Crippen molar-refractivity contribution in [1.82, 2.24) is 9.80 Å². The molecule has 0 aromatic rings. The quantitative estimate of drug-likeness (QED) is 0.693. The van der Waals surface area contributed by atoms with Gasteiger partial charge in [0, 0.05) is 26.2 Å². The molecule has 1 heterocycles. The van der Waals surface area contributed by atoms with E-state index in [1.165, 1.54) is 4.90 Å². The van der Waals surface area contributed by atoms with Gasteiger partial charge >= 0.3 is 5.97 Å². The van der Waals surface area contributed by atoms with Crippen LogP contribution in [0.25, 0.3) is 0 Å². The Morgan fingerprint density at radius 3 is 2.38 bits per heavy atom. The zero-order chi connectivity index (χ0) is 16.0. The number of carboxylic acids is 1. The number of likely N-dealkylation sites (tertiary alicyclic amines) is 1. The molecule has 0 aliphatic carbocycles. The van der Waals surface area contributed by atoms with Crippen molar-refractivity contribution in [2.45, 2.75) is 32.7 Å². The molecule has 0 bridgehead atoms. The second-order valence-electron chi connectivity index (χ2n) is 6.15. The first-order chi connectivity index (χ1) is 9.83. The van der Waals surface area contributed by atoms with Crippen molar-refractivity contribution in [2.75, 3.05) is 26.2 Å². The molecule has 1 amide bonds. The van der Waals surface area contributed by atoms with Crippen molar-refractivity contribution in [2.24, 2.45) is 5.41 Å². The number of nitrogens with zero attached hydrogens (tertiary/aromatic N) is 2. The molecule has 1 unspecified atom stereocenters. The lowest BCUT2D eigenvalue weighted by atomic mass is 9.90. The Balaban J connectivity index is 2.79. The molecular formula is C16H26N2O3. The zero-order valence-electron chi connectivity index (χ0n) is 13.0. The first-order valence-corrected chi connectivity index (χ1v) is 7.31. The van der Waals surface area contributed by atoms with Crippen LogP contribution in [0, 0.1) is 5.41 Å². The maximum absolute atomic E-state index is 12.7. The summed E-state index contributed by atoms with van der Waals surface area (Å²) in [5, 5.41) is 9.22. The fraction of sp³-hybridized carbons (Fsp3) is 0.625. The standard InChI is InChI=1S/C16H26N2O3/c1-5-9-17(10-6-2)12-16(3,4)15(21)18-11-7-8-13(18)14(19)20/h5-6,13H,1-2,7-12H2,3-4H3,(H,19,20). The molecule has 1 fully saturated rings. The molecule has 5 nitrogen and oxygen atoms in total. The van der Waals surface area contributed by atoms with E-state index >= 15 is 0 Å². The molecule has 1 aliphatic rings. The van der Waals surface area contributed by atoms with Crippen LogP contribution in [-0.4, -0.2) is 59.0 Å². The summed E-state index contributed by atoms with van der Waals surface area (Å²) in [7, 11) is 0. The van der Waals surface area contributed by atoms with Gasteiger partial charge in [-0.05, 0) is 26.7 Å². The van der Waals surface area contributed by atoms with Crippen molar-refractivity contribution in [3.63, 3.8) is 0 Å². The third-order valence-electron chi connectivity index (χ3n) is 3.77. The monoisotopic (exact) mass is 294 g/mol. The Labute approximate surface area is 126 Å². The predicted octanol–water partition coefficient (Wildman–Crippen LogP) is 1.76. The van der Waals surface area contributed by atoms with E-state index < -0.39 is 17.4 Å². The smallest absolute Gasteiger partial charge is 0.326 e.